The minimum Gasteiger partial charge on any atom is -0.352 e. The van der Waals surface area contributed by atoms with Crippen LogP contribution >= 0.6 is 11.3 Å². The highest BCUT2D eigenvalue weighted by Gasteiger charge is 2.23. The van der Waals surface area contributed by atoms with Crippen LogP contribution in [0.5, 0.6) is 0 Å². The van der Waals surface area contributed by atoms with Crippen molar-refractivity contribution in [2.24, 2.45) is 0 Å². The van der Waals surface area contributed by atoms with Gasteiger partial charge in [-0.2, -0.15) is 0 Å². The standard InChI is InChI=1S/C11H14N2O2S/c14-10(6-9-2-1-5-16-9)12-7-11(15)13-8-3-4-8/h1-2,5,8H,3-4,6-7H2,(H,12,14)(H,13,15). The van der Waals surface area contributed by atoms with Crippen LogP contribution in [0.3, 0.4) is 0 Å². The van der Waals surface area contributed by atoms with Crippen molar-refractivity contribution >= 4 is 23.2 Å². The van der Waals surface area contributed by atoms with Crippen molar-refractivity contribution in [2.45, 2.75) is 25.3 Å². The summed E-state index contributed by atoms with van der Waals surface area (Å²) in [7, 11) is 0. The van der Waals surface area contributed by atoms with E-state index in [2.05, 4.69) is 10.6 Å². The zero-order chi connectivity index (χ0) is 11.4. The molecule has 2 rings (SSSR count). The first-order valence-corrected chi connectivity index (χ1v) is 6.20. The van der Waals surface area contributed by atoms with Gasteiger partial charge in [-0.05, 0) is 24.3 Å². The second-order valence-corrected chi connectivity index (χ2v) is 4.91. The third-order valence-electron chi connectivity index (χ3n) is 2.30. The molecule has 1 aromatic heterocycles. The molecule has 0 aromatic carbocycles. The Morgan fingerprint density at radius 1 is 1.38 bits per heavy atom. The van der Waals surface area contributed by atoms with Gasteiger partial charge in [0.1, 0.15) is 0 Å². The largest absolute Gasteiger partial charge is 0.352 e. The van der Waals surface area contributed by atoms with Gasteiger partial charge in [0.2, 0.25) is 11.8 Å². The Kier molecular flexibility index (Phi) is 3.56. The Balaban J connectivity index is 1.65. The summed E-state index contributed by atoms with van der Waals surface area (Å²) >= 11 is 1.54. The molecule has 1 saturated carbocycles. The van der Waals surface area contributed by atoms with E-state index in [-0.39, 0.29) is 18.4 Å². The van der Waals surface area contributed by atoms with Crippen LogP contribution in [0.15, 0.2) is 17.5 Å². The molecule has 1 aromatic rings. The van der Waals surface area contributed by atoms with Gasteiger partial charge in [-0.3, -0.25) is 9.59 Å². The number of amides is 2. The fourth-order valence-corrected chi connectivity index (χ4v) is 2.02. The van der Waals surface area contributed by atoms with Crippen LogP contribution in [0.25, 0.3) is 0 Å². The van der Waals surface area contributed by atoms with Crippen molar-refractivity contribution < 1.29 is 9.59 Å². The molecule has 4 nitrogen and oxygen atoms in total. The second kappa shape index (κ2) is 5.12. The highest BCUT2D eigenvalue weighted by Crippen LogP contribution is 2.18. The van der Waals surface area contributed by atoms with Crippen LogP contribution in [-0.2, 0) is 16.0 Å². The molecule has 1 fully saturated rings. The summed E-state index contributed by atoms with van der Waals surface area (Å²) in [6.07, 6.45) is 2.48. The van der Waals surface area contributed by atoms with Gasteiger partial charge < -0.3 is 10.6 Å². The number of thiophene rings is 1. The van der Waals surface area contributed by atoms with E-state index in [9.17, 15) is 9.59 Å². The first kappa shape index (κ1) is 11.1. The average molecular weight is 238 g/mol. The molecule has 0 spiro atoms. The maximum Gasteiger partial charge on any atom is 0.239 e. The van der Waals surface area contributed by atoms with E-state index < -0.39 is 0 Å². The number of hydrogen-bond donors (Lipinski definition) is 2. The summed E-state index contributed by atoms with van der Waals surface area (Å²) in [5.41, 5.74) is 0. The van der Waals surface area contributed by atoms with Gasteiger partial charge in [0.25, 0.3) is 0 Å². The predicted molar refractivity (Wildman–Crippen MR) is 62.2 cm³/mol. The van der Waals surface area contributed by atoms with Crippen molar-refractivity contribution in [3.63, 3.8) is 0 Å². The lowest BCUT2D eigenvalue weighted by atomic mass is 10.3. The maximum absolute atomic E-state index is 11.4. The van der Waals surface area contributed by atoms with Crippen molar-refractivity contribution in [1.82, 2.24) is 10.6 Å². The number of carbonyl (C=O) groups excluding carboxylic acids is 2. The lowest BCUT2D eigenvalue weighted by molar-refractivity contribution is -0.125. The van der Waals surface area contributed by atoms with E-state index >= 15 is 0 Å². The highest BCUT2D eigenvalue weighted by molar-refractivity contribution is 7.10. The third kappa shape index (κ3) is 3.66. The molecular formula is C11H14N2O2S. The zero-order valence-corrected chi connectivity index (χ0v) is 9.68. The molecule has 0 bridgehead atoms. The summed E-state index contributed by atoms with van der Waals surface area (Å²) in [6.45, 7) is 0.0840. The molecule has 0 radical (unpaired) electrons. The van der Waals surface area contributed by atoms with Crippen LogP contribution in [0.1, 0.15) is 17.7 Å². The normalized spacial score (nSPS) is 14.5. The Hall–Kier alpha value is -1.36. The lowest BCUT2D eigenvalue weighted by Gasteiger charge is -2.04. The molecule has 0 atom stereocenters. The van der Waals surface area contributed by atoms with Crippen molar-refractivity contribution in [3.05, 3.63) is 22.4 Å². The van der Waals surface area contributed by atoms with Gasteiger partial charge >= 0.3 is 0 Å². The van der Waals surface area contributed by atoms with Gasteiger partial charge in [-0.15, -0.1) is 11.3 Å². The smallest absolute Gasteiger partial charge is 0.239 e. The van der Waals surface area contributed by atoms with E-state index in [4.69, 9.17) is 0 Å². The van der Waals surface area contributed by atoms with Gasteiger partial charge in [0.15, 0.2) is 0 Å². The summed E-state index contributed by atoms with van der Waals surface area (Å²) in [5.74, 6) is -0.199. The molecule has 2 N–H and O–H groups in total. The molecule has 0 unspecified atom stereocenters. The Morgan fingerprint density at radius 3 is 2.81 bits per heavy atom. The van der Waals surface area contributed by atoms with Gasteiger partial charge in [-0.1, -0.05) is 6.07 Å². The fraction of sp³-hybridized carbons (Fsp3) is 0.455. The Labute approximate surface area is 98.0 Å². The zero-order valence-electron chi connectivity index (χ0n) is 8.86. The topological polar surface area (TPSA) is 58.2 Å². The van der Waals surface area contributed by atoms with Gasteiger partial charge in [-0.25, -0.2) is 0 Å². The fourth-order valence-electron chi connectivity index (χ4n) is 1.32. The lowest BCUT2D eigenvalue weighted by Crippen LogP contribution is -2.38. The molecule has 1 aliphatic carbocycles. The van der Waals surface area contributed by atoms with E-state index in [0.29, 0.717) is 12.5 Å². The van der Waals surface area contributed by atoms with E-state index in [1.165, 1.54) is 0 Å². The number of carbonyl (C=O) groups is 2. The Bertz CT molecular complexity index is 371. The first-order valence-electron chi connectivity index (χ1n) is 5.32. The second-order valence-electron chi connectivity index (χ2n) is 3.87. The van der Waals surface area contributed by atoms with E-state index in [1.54, 1.807) is 11.3 Å². The quantitative estimate of drug-likeness (QED) is 0.792. The van der Waals surface area contributed by atoms with Crippen molar-refractivity contribution in [2.75, 3.05) is 6.54 Å². The van der Waals surface area contributed by atoms with Crippen molar-refractivity contribution in [3.8, 4) is 0 Å². The summed E-state index contributed by atoms with van der Waals surface area (Å²) in [5, 5.41) is 7.36. The third-order valence-corrected chi connectivity index (χ3v) is 3.18. The molecule has 16 heavy (non-hydrogen) atoms. The summed E-state index contributed by atoms with van der Waals surface area (Å²) < 4.78 is 0. The average Bonchev–Trinajstić information content (AvgIpc) is 2.91. The highest BCUT2D eigenvalue weighted by atomic mass is 32.1. The van der Waals surface area contributed by atoms with Crippen LogP contribution in [-0.4, -0.2) is 24.4 Å². The minimum absolute atomic E-state index is 0.0840. The molecule has 0 aliphatic heterocycles. The first-order chi connectivity index (χ1) is 7.74. The van der Waals surface area contributed by atoms with Crippen LogP contribution in [0, 0.1) is 0 Å². The molecule has 1 heterocycles. The number of hydrogen-bond acceptors (Lipinski definition) is 3. The molecular weight excluding hydrogens is 224 g/mol. The molecule has 0 saturated heterocycles. The van der Waals surface area contributed by atoms with Gasteiger partial charge in [0, 0.05) is 10.9 Å². The van der Waals surface area contributed by atoms with Crippen LogP contribution < -0.4 is 10.6 Å². The van der Waals surface area contributed by atoms with E-state index in [0.717, 1.165) is 17.7 Å². The summed E-state index contributed by atoms with van der Waals surface area (Å²) in [6, 6.07) is 4.17. The molecule has 2 amide bonds. The molecule has 5 heteroatoms. The van der Waals surface area contributed by atoms with Crippen molar-refractivity contribution in [1.29, 1.82) is 0 Å². The molecule has 86 valence electrons. The van der Waals surface area contributed by atoms with Crippen LogP contribution in [0.2, 0.25) is 0 Å². The minimum atomic E-state index is -0.103. The van der Waals surface area contributed by atoms with Gasteiger partial charge in [0.05, 0.1) is 13.0 Å². The predicted octanol–water partition coefficient (Wildman–Crippen LogP) is 0.685. The monoisotopic (exact) mass is 238 g/mol. The SMILES string of the molecule is O=C(Cc1cccs1)NCC(=O)NC1CC1. The summed E-state index contributed by atoms with van der Waals surface area (Å²) in [4.78, 5) is 23.7. The maximum atomic E-state index is 11.4. The van der Waals surface area contributed by atoms with Crippen LogP contribution in [0.4, 0.5) is 0 Å². The number of nitrogens with one attached hydrogen (secondary N) is 2. The Morgan fingerprint density at radius 2 is 2.19 bits per heavy atom. The molecule has 1 aliphatic rings. The van der Waals surface area contributed by atoms with E-state index in [1.807, 2.05) is 17.5 Å². The number of rotatable bonds is 5.